The summed E-state index contributed by atoms with van der Waals surface area (Å²) >= 11 is 0. The van der Waals surface area contributed by atoms with Gasteiger partial charge < -0.3 is 4.90 Å². The van der Waals surface area contributed by atoms with Crippen molar-refractivity contribution >= 4 is 5.69 Å². The molecule has 0 saturated carbocycles. The van der Waals surface area contributed by atoms with E-state index in [0.717, 1.165) is 6.54 Å². The standard InChI is InChI=1S/C17H21N3/c1-19-9-4-5-14-11-13(7-8-16(14)19)15-12-18-20-10-3-2-6-17(15)20/h7-8,11-12H,2-6,9-10H2,1H3. The Labute approximate surface area is 120 Å². The van der Waals surface area contributed by atoms with Crippen LogP contribution < -0.4 is 4.90 Å². The molecule has 0 fully saturated rings. The van der Waals surface area contributed by atoms with Crippen LogP contribution in [0.1, 0.15) is 30.5 Å². The van der Waals surface area contributed by atoms with E-state index < -0.39 is 0 Å². The van der Waals surface area contributed by atoms with Crippen molar-refractivity contribution in [2.45, 2.75) is 38.6 Å². The molecule has 0 radical (unpaired) electrons. The van der Waals surface area contributed by atoms with Crippen LogP contribution in [0.2, 0.25) is 0 Å². The second-order valence-electron chi connectivity index (χ2n) is 6.05. The predicted octanol–water partition coefficient (Wildman–Crippen LogP) is 3.27. The van der Waals surface area contributed by atoms with Gasteiger partial charge in [-0.25, -0.2) is 0 Å². The van der Waals surface area contributed by atoms with Crippen LogP contribution in [0.3, 0.4) is 0 Å². The fourth-order valence-corrected chi connectivity index (χ4v) is 3.62. The molecule has 20 heavy (non-hydrogen) atoms. The van der Waals surface area contributed by atoms with Crippen LogP contribution in [-0.4, -0.2) is 23.4 Å². The lowest BCUT2D eigenvalue weighted by Gasteiger charge is -2.28. The highest BCUT2D eigenvalue weighted by Gasteiger charge is 2.18. The molecule has 3 nitrogen and oxygen atoms in total. The molecule has 1 aromatic carbocycles. The fraction of sp³-hybridized carbons (Fsp3) is 0.471. The molecular formula is C17H21N3. The van der Waals surface area contributed by atoms with Gasteiger partial charge in [-0.05, 0) is 55.4 Å². The lowest BCUT2D eigenvalue weighted by molar-refractivity contribution is 0.487. The van der Waals surface area contributed by atoms with Crippen molar-refractivity contribution in [3.05, 3.63) is 35.7 Å². The summed E-state index contributed by atoms with van der Waals surface area (Å²) < 4.78 is 2.20. The number of aromatic nitrogens is 2. The molecule has 4 rings (SSSR count). The van der Waals surface area contributed by atoms with Crippen molar-refractivity contribution in [2.75, 3.05) is 18.5 Å². The average Bonchev–Trinajstić information content (AvgIpc) is 2.91. The van der Waals surface area contributed by atoms with Crippen LogP contribution in [0.15, 0.2) is 24.4 Å². The SMILES string of the molecule is CN1CCCc2cc(-c3cnn4c3CCCC4)ccc21. The monoisotopic (exact) mass is 267 g/mol. The summed E-state index contributed by atoms with van der Waals surface area (Å²) in [5, 5.41) is 4.57. The summed E-state index contributed by atoms with van der Waals surface area (Å²) in [6.07, 6.45) is 8.27. The molecule has 0 saturated heterocycles. The smallest absolute Gasteiger partial charge is 0.0571 e. The van der Waals surface area contributed by atoms with Gasteiger partial charge in [0.05, 0.1) is 6.20 Å². The Balaban J connectivity index is 1.77. The first-order valence-electron chi connectivity index (χ1n) is 7.72. The van der Waals surface area contributed by atoms with Gasteiger partial charge in [0, 0.05) is 37.1 Å². The van der Waals surface area contributed by atoms with Gasteiger partial charge in [-0.15, -0.1) is 0 Å². The van der Waals surface area contributed by atoms with Gasteiger partial charge in [-0.1, -0.05) is 6.07 Å². The Morgan fingerprint density at radius 2 is 2.00 bits per heavy atom. The molecular weight excluding hydrogens is 246 g/mol. The van der Waals surface area contributed by atoms with Crippen molar-refractivity contribution in [2.24, 2.45) is 0 Å². The molecule has 1 aromatic heterocycles. The van der Waals surface area contributed by atoms with E-state index in [-0.39, 0.29) is 0 Å². The molecule has 0 aliphatic carbocycles. The van der Waals surface area contributed by atoms with Crippen LogP contribution in [0.25, 0.3) is 11.1 Å². The third-order valence-corrected chi connectivity index (χ3v) is 4.72. The van der Waals surface area contributed by atoms with Gasteiger partial charge in [-0.2, -0.15) is 5.10 Å². The Kier molecular flexibility index (Phi) is 2.79. The van der Waals surface area contributed by atoms with Gasteiger partial charge in [0.15, 0.2) is 0 Å². The van der Waals surface area contributed by atoms with Gasteiger partial charge in [0.2, 0.25) is 0 Å². The molecule has 0 amide bonds. The van der Waals surface area contributed by atoms with E-state index in [1.165, 1.54) is 66.7 Å². The van der Waals surface area contributed by atoms with Crippen molar-refractivity contribution < 1.29 is 0 Å². The van der Waals surface area contributed by atoms with E-state index in [0.29, 0.717) is 0 Å². The zero-order chi connectivity index (χ0) is 13.5. The van der Waals surface area contributed by atoms with Crippen LogP contribution >= 0.6 is 0 Å². The first-order valence-corrected chi connectivity index (χ1v) is 7.72. The summed E-state index contributed by atoms with van der Waals surface area (Å²) in [4.78, 5) is 2.37. The number of aryl methyl sites for hydroxylation is 2. The predicted molar refractivity (Wildman–Crippen MR) is 82.2 cm³/mol. The Morgan fingerprint density at radius 3 is 2.95 bits per heavy atom. The van der Waals surface area contributed by atoms with E-state index in [2.05, 4.69) is 46.1 Å². The molecule has 2 aliphatic rings. The minimum atomic E-state index is 1.09. The van der Waals surface area contributed by atoms with Crippen LogP contribution in [0, 0.1) is 0 Å². The van der Waals surface area contributed by atoms with Crippen molar-refractivity contribution in [3.63, 3.8) is 0 Å². The molecule has 3 heteroatoms. The minimum Gasteiger partial charge on any atom is -0.374 e. The molecule has 3 heterocycles. The molecule has 0 atom stereocenters. The summed E-state index contributed by atoms with van der Waals surface area (Å²) in [5.41, 5.74) is 7.02. The van der Waals surface area contributed by atoms with Crippen molar-refractivity contribution in [3.8, 4) is 11.1 Å². The van der Waals surface area contributed by atoms with Gasteiger partial charge in [0.1, 0.15) is 0 Å². The second kappa shape index (κ2) is 4.65. The lowest BCUT2D eigenvalue weighted by atomic mass is 9.95. The van der Waals surface area contributed by atoms with Crippen LogP contribution in [0.5, 0.6) is 0 Å². The molecule has 0 unspecified atom stereocenters. The van der Waals surface area contributed by atoms with E-state index in [1.54, 1.807) is 0 Å². The Bertz CT molecular complexity index is 642. The highest BCUT2D eigenvalue weighted by atomic mass is 15.3. The summed E-state index contributed by atoms with van der Waals surface area (Å²) in [7, 11) is 2.19. The van der Waals surface area contributed by atoms with E-state index in [1.807, 2.05) is 0 Å². The van der Waals surface area contributed by atoms with Gasteiger partial charge >= 0.3 is 0 Å². The van der Waals surface area contributed by atoms with Crippen LogP contribution in [-0.2, 0) is 19.4 Å². The van der Waals surface area contributed by atoms with E-state index >= 15 is 0 Å². The molecule has 0 spiro atoms. The molecule has 0 N–H and O–H groups in total. The maximum absolute atomic E-state index is 4.57. The largest absolute Gasteiger partial charge is 0.374 e. The number of rotatable bonds is 1. The first kappa shape index (κ1) is 12.0. The van der Waals surface area contributed by atoms with Crippen molar-refractivity contribution in [1.82, 2.24) is 9.78 Å². The third-order valence-electron chi connectivity index (χ3n) is 4.72. The topological polar surface area (TPSA) is 21.1 Å². The van der Waals surface area contributed by atoms with Gasteiger partial charge in [-0.3, -0.25) is 4.68 Å². The summed E-state index contributed by atoms with van der Waals surface area (Å²) in [6, 6.07) is 6.95. The van der Waals surface area contributed by atoms with E-state index in [4.69, 9.17) is 0 Å². The second-order valence-corrected chi connectivity index (χ2v) is 6.05. The number of hydrogen-bond acceptors (Lipinski definition) is 2. The Hall–Kier alpha value is -1.77. The average molecular weight is 267 g/mol. The molecule has 2 aromatic rings. The molecule has 2 aliphatic heterocycles. The highest BCUT2D eigenvalue weighted by Crippen LogP contribution is 2.33. The van der Waals surface area contributed by atoms with Crippen molar-refractivity contribution in [1.29, 1.82) is 0 Å². The zero-order valence-corrected chi connectivity index (χ0v) is 12.1. The normalized spacial score (nSPS) is 17.8. The lowest BCUT2D eigenvalue weighted by Crippen LogP contribution is -2.24. The Morgan fingerprint density at radius 1 is 1.05 bits per heavy atom. The number of benzene rings is 1. The van der Waals surface area contributed by atoms with Crippen LogP contribution in [0.4, 0.5) is 5.69 Å². The number of anilines is 1. The number of hydrogen-bond donors (Lipinski definition) is 0. The summed E-state index contributed by atoms with van der Waals surface area (Å²) in [5.74, 6) is 0. The maximum Gasteiger partial charge on any atom is 0.0571 e. The van der Waals surface area contributed by atoms with E-state index in [9.17, 15) is 0 Å². The minimum absolute atomic E-state index is 1.09. The van der Waals surface area contributed by atoms with Gasteiger partial charge in [0.25, 0.3) is 0 Å². The maximum atomic E-state index is 4.57. The molecule has 0 bridgehead atoms. The molecule has 104 valence electrons. The summed E-state index contributed by atoms with van der Waals surface area (Å²) in [6.45, 7) is 2.26. The number of nitrogens with zero attached hydrogens (tertiary/aromatic N) is 3. The third kappa shape index (κ3) is 1.84. The highest BCUT2D eigenvalue weighted by molar-refractivity contribution is 5.71. The first-order chi connectivity index (χ1) is 9.83. The number of fused-ring (bicyclic) bond motifs is 2. The zero-order valence-electron chi connectivity index (χ0n) is 12.1. The fourth-order valence-electron chi connectivity index (χ4n) is 3.62. The quantitative estimate of drug-likeness (QED) is 0.790.